The van der Waals surface area contributed by atoms with Crippen molar-refractivity contribution in [3.63, 3.8) is 0 Å². The molecule has 3 rings (SSSR count). The Bertz CT molecular complexity index is 995. The molecular formula is C28H32FNO. The number of hydrogen-bond acceptors (Lipinski definition) is 2. The molecule has 0 aliphatic carbocycles. The van der Waals surface area contributed by atoms with Gasteiger partial charge in [0, 0.05) is 11.1 Å². The van der Waals surface area contributed by atoms with E-state index in [0.717, 1.165) is 36.3 Å². The van der Waals surface area contributed by atoms with Crippen molar-refractivity contribution in [2.45, 2.75) is 45.4 Å². The molecule has 0 amide bonds. The van der Waals surface area contributed by atoms with Gasteiger partial charge in [0.05, 0.1) is 12.3 Å². The summed E-state index contributed by atoms with van der Waals surface area (Å²) < 4.78 is 19.9. The van der Waals surface area contributed by atoms with Crippen molar-refractivity contribution in [1.82, 2.24) is 0 Å². The second-order valence-electron chi connectivity index (χ2n) is 8.24. The minimum atomic E-state index is -0.241. The predicted molar refractivity (Wildman–Crippen MR) is 129 cm³/mol. The van der Waals surface area contributed by atoms with Crippen molar-refractivity contribution < 1.29 is 9.13 Å². The van der Waals surface area contributed by atoms with Gasteiger partial charge in [0.1, 0.15) is 11.6 Å². The van der Waals surface area contributed by atoms with Crippen molar-refractivity contribution in [3.8, 4) is 5.75 Å². The summed E-state index contributed by atoms with van der Waals surface area (Å²) in [4.78, 5) is 0. The summed E-state index contributed by atoms with van der Waals surface area (Å²) in [7, 11) is 0. The first-order valence-corrected chi connectivity index (χ1v) is 10.9. The Kier molecular flexibility index (Phi) is 7.51. The number of hydrogen-bond donors (Lipinski definition) is 1. The molecule has 0 heterocycles. The lowest BCUT2D eigenvalue weighted by molar-refractivity contribution is 0.340. The van der Waals surface area contributed by atoms with Gasteiger partial charge in [-0.1, -0.05) is 48.9 Å². The first kappa shape index (κ1) is 22.6. The quantitative estimate of drug-likeness (QED) is 0.341. The number of ether oxygens (including phenoxy) is 1. The van der Waals surface area contributed by atoms with Crippen LogP contribution in [0.15, 0.2) is 79.4 Å². The van der Waals surface area contributed by atoms with E-state index < -0.39 is 0 Å². The van der Waals surface area contributed by atoms with E-state index in [1.165, 1.54) is 11.1 Å². The summed E-state index contributed by atoms with van der Waals surface area (Å²) in [6.07, 6.45) is 4.84. The molecule has 0 saturated heterocycles. The van der Waals surface area contributed by atoms with Gasteiger partial charge in [-0.2, -0.15) is 0 Å². The average molecular weight is 418 g/mol. The molecule has 1 N–H and O–H groups in total. The van der Waals surface area contributed by atoms with E-state index in [9.17, 15) is 4.39 Å². The third-order valence-electron chi connectivity index (χ3n) is 5.80. The first-order chi connectivity index (χ1) is 14.9. The Morgan fingerprint density at radius 1 is 1.03 bits per heavy atom. The zero-order chi connectivity index (χ0) is 22.3. The van der Waals surface area contributed by atoms with Gasteiger partial charge in [-0.05, 0) is 80.6 Å². The van der Waals surface area contributed by atoms with Gasteiger partial charge in [-0.3, -0.25) is 0 Å². The Labute approximate surface area is 185 Å². The predicted octanol–water partition coefficient (Wildman–Crippen LogP) is 7.74. The summed E-state index contributed by atoms with van der Waals surface area (Å²) in [5, 5.41) is 3.20. The van der Waals surface area contributed by atoms with Crippen molar-refractivity contribution in [2.24, 2.45) is 0 Å². The number of nitrogens with one attached hydrogen (secondary N) is 1. The Morgan fingerprint density at radius 3 is 2.39 bits per heavy atom. The average Bonchev–Trinajstić information content (AvgIpc) is 2.78. The van der Waals surface area contributed by atoms with Crippen LogP contribution < -0.4 is 10.1 Å². The Morgan fingerprint density at radius 2 is 1.74 bits per heavy atom. The van der Waals surface area contributed by atoms with Gasteiger partial charge < -0.3 is 10.1 Å². The lowest BCUT2D eigenvalue weighted by Crippen LogP contribution is -2.18. The molecule has 0 bridgehead atoms. The standard InChI is InChI=1S/C28H32FNO/c1-5-28(4,23-12-16-25(17-13-23)31-6-2)19-7-8-22-11-18-26(29)27(20-22)30-24-14-9-21(3)10-15-24/h5,9-18,20,30H,1,6-8,19H2,2-4H3. The van der Waals surface area contributed by atoms with Gasteiger partial charge in [0.2, 0.25) is 0 Å². The molecule has 0 saturated carbocycles. The minimum Gasteiger partial charge on any atom is -0.494 e. The van der Waals surface area contributed by atoms with Gasteiger partial charge in [-0.15, -0.1) is 6.58 Å². The number of halogens is 1. The Hall–Kier alpha value is -3.07. The number of rotatable bonds is 10. The van der Waals surface area contributed by atoms with Gasteiger partial charge in [0.25, 0.3) is 0 Å². The zero-order valence-electron chi connectivity index (χ0n) is 18.7. The topological polar surface area (TPSA) is 21.3 Å². The number of anilines is 2. The van der Waals surface area contributed by atoms with Crippen LogP contribution >= 0.6 is 0 Å². The molecule has 1 unspecified atom stereocenters. The van der Waals surface area contributed by atoms with E-state index in [-0.39, 0.29) is 11.2 Å². The zero-order valence-corrected chi connectivity index (χ0v) is 18.7. The smallest absolute Gasteiger partial charge is 0.146 e. The second-order valence-corrected chi connectivity index (χ2v) is 8.24. The van der Waals surface area contributed by atoms with Crippen LogP contribution in [0.1, 0.15) is 43.4 Å². The van der Waals surface area contributed by atoms with Gasteiger partial charge in [-0.25, -0.2) is 4.39 Å². The van der Waals surface area contributed by atoms with Crippen LogP contribution in [0.3, 0.4) is 0 Å². The largest absolute Gasteiger partial charge is 0.494 e. The molecule has 31 heavy (non-hydrogen) atoms. The summed E-state index contributed by atoms with van der Waals surface area (Å²) in [5.74, 6) is 0.646. The van der Waals surface area contributed by atoms with Crippen LogP contribution in [0, 0.1) is 12.7 Å². The molecule has 3 aromatic rings. The lowest BCUT2D eigenvalue weighted by atomic mass is 9.78. The first-order valence-electron chi connectivity index (χ1n) is 10.9. The van der Waals surface area contributed by atoms with Crippen LogP contribution in [0.25, 0.3) is 0 Å². The fourth-order valence-electron chi connectivity index (χ4n) is 3.74. The number of benzene rings is 3. The second kappa shape index (κ2) is 10.3. The van der Waals surface area contributed by atoms with Crippen molar-refractivity contribution in [3.05, 3.63) is 102 Å². The maximum atomic E-state index is 14.3. The minimum absolute atomic E-state index is 0.117. The maximum absolute atomic E-state index is 14.3. The highest BCUT2D eigenvalue weighted by Gasteiger charge is 2.22. The number of aryl methyl sites for hydroxylation is 2. The van der Waals surface area contributed by atoms with E-state index in [1.54, 1.807) is 6.07 Å². The molecule has 162 valence electrons. The summed E-state index contributed by atoms with van der Waals surface area (Å²) >= 11 is 0. The SMILES string of the molecule is C=CC(C)(CCCc1ccc(F)c(Nc2ccc(C)cc2)c1)c1ccc(OCC)cc1. The molecule has 0 spiro atoms. The lowest BCUT2D eigenvalue weighted by Gasteiger charge is -2.27. The molecule has 0 aliphatic heterocycles. The van der Waals surface area contributed by atoms with Crippen LogP contribution in [0.2, 0.25) is 0 Å². The van der Waals surface area contributed by atoms with E-state index in [0.29, 0.717) is 12.3 Å². The summed E-state index contributed by atoms with van der Waals surface area (Å²) in [5.41, 5.74) is 4.81. The third-order valence-corrected chi connectivity index (χ3v) is 5.80. The number of allylic oxidation sites excluding steroid dienone is 1. The van der Waals surface area contributed by atoms with Crippen LogP contribution in [-0.4, -0.2) is 6.61 Å². The summed E-state index contributed by atoms with van der Waals surface area (Å²) in [6, 6.07) is 21.6. The van der Waals surface area contributed by atoms with Crippen LogP contribution in [0.5, 0.6) is 5.75 Å². The fourth-order valence-corrected chi connectivity index (χ4v) is 3.74. The third kappa shape index (κ3) is 5.97. The monoisotopic (exact) mass is 417 g/mol. The molecule has 3 aromatic carbocycles. The van der Waals surface area contributed by atoms with Crippen LogP contribution in [-0.2, 0) is 11.8 Å². The molecule has 0 radical (unpaired) electrons. The molecule has 0 aliphatic rings. The molecule has 0 fully saturated rings. The van der Waals surface area contributed by atoms with E-state index in [2.05, 4.69) is 31.0 Å². The fraction of sp³-hybridized carbons (Fsp3) is 0.286. The Balaban J connectivity index is 1.64. The van der Waals surface area contributed by atoms with Gasteiger partial charge >= 0.3 is 0 Å². The highest BCUT2D eigenvalue weighted by molar-refractivity contribution is 5.61. The van der Waals surface area contributed by atoms with Gasteiger partial charge in [0.15, 0.2) is 0 Å². The molecule has 0 aromatic heterocycles. The highest BCUT2D eigenvalue weighted by Crippen LogP contribution is 2.32. The van der Waals surface area contributed by atoms with Crippen molar-refractivity contribution >= 4 is 11.4 Å². The van der Waals surface area contributed by atoms with E-state index >= 15 is 0 Å². The molecule has 1 atom stereocenters. The van der Waals surface area contributed by atoms with Crippen molar-refractivity contribution in [1.29, 1.82) is 0 Å². The van der Waals surface area contributed by atoms with Crippen LogP contribution in [0.4, 0.5) is 15.8 Å². The van der Waals surface area contributed by atoms with Crippen molar-refractivity contribution in [2.75, 3.05) is 11.9 Å². The molecule has 2 nitrogen and oxygen atoms in total. The molecular weight excluding hydrogens is 385 g/mol. The normalized spacial score (nSPS) is 12.8. The van der Waals surface area contributed by atoms with E-state index in [4.69, 9.17) is 4.74 Å². The summed E-state index contributed by atoms with van der Waals surface area (Å²) in [6.45, 7) is 11.0. The van der Waals surface area contributed by atoms with E-state index in [1.807, 2.05) is 68.5 Å². The highest BCUT2D eigenvalue weighted by atomic mass is 19.1. The maximum Gasteiger partial charge on any atom is 0.146 e. The molecule has 3 heteroatoms.